The van der Waals surface area contributed by atoms with Gasteiger partial charge in [-0.25, -0.2) is 0 Å². The van der Waals surface area contributed by atoms with Crippen LogP contribution in [0.1, 0.15) is 29.7 Å². The molecule has 2 rings (SSSR count). The van der Waals surface area contributed by atoms with Crippen LogP contribution in [0.4, 0.5) is 0 Å². The Morgan fingerprint density at radius 3 is 2.42 bits per heavy atom. The first-order chi connectivity index (χ1) is 9.15. The first kappa shape index (κ1) is 13.3. The monoisotopic (exact) mass is 254 g/mol. The number of benzene rings is 1. The van der Waals surface area contributed by atoms with Gasteiger partial charge in [0.2, 0.25) is 5.91 Å². The second-order valence-electron chi connectivity index (χ2n) is 4.73. The lowest BCUT2D eigenvalue weighted by molar-refractivity contribution is -0.121. The van der Waals surface area contributed by atoms with E-state index in [2.05, 4.69) is 10.3 Å². The van der Waals surface area contributed by atoms with Crippen LogP contribution in [0.25, 0.3) is 0 Å². The number of hydrogen-bond acceptors (Lipinski definition) is 2. The van der Waals surface area contributed by atoms with Crippen LogP contribution in [0.3, 0.4) is 0 Å². The zero-order valence-corrected chi connectivity index (χ0v) is 11.3. The van der Waals surface area contributed by atoms with Crippen LogP contribution < -0.4 is 5.32 Å². The van der Waals surface area contributed by atoms with Crippen LogP contribution in [-0.4, -0.2) is 10.9 Å². The summed E-state index contributed by atoms with van der Waals surface area (Å²) in [6.45, 7) is 4.01. The van der Waals surface area contributed by atoms with Crippen molar-refractivity contribution in [2.45, 2.75) is 26.3 Å². The second kappa shape index (κ2) is 6.14. The molecule has 19 heavy (non-hydrogen) atoms. The van der Waals surface area contributed by atoms with Gasteiger partial charge in [0.1, 0.15) is 0 Å². The molecule has 1 atom stereocenters. The number of carbonyl (C=O) groups excluding carboxylic acids is 1. The van der Waals surface area contributed by atoms with Crippen molar-refractivity contribution in [3.63, 3.8) is 0 Å². The summed E-state index contributed by atoms with van der Waals surface area (Å²) in [5.41, 5.74) is 3.30. The molecule has 3 heteroatoms. The van der Waals surface area contributed by atoms with Crippen molar-refractivity contribution in [3.05, 3.63) is 65.5 Å². The Bertz CT molecular complexity index is 534. The van der Waals surface area contributed by atoms with Gasteiger partial charge in [0, 0.05) is 12.4 Å². The summed E-state index contributed by atoms with van der Waals surface area (Å²) < 4.78 is 0. The van der Waals surface area contributed by atoms with E-state index in [0.717, 1.165) is 11.1 Å². The molecule has 0 saturated heterocycles. The fourth-order valence-corrected chi connectivity index (χ4v) is 1.92. The van der Waals surface area contributed by atoms with E-state index in [1.54, 1.807) is 12.4 Å². The number of hydrogen-bond donors (Lipinski definition) is 1. The predicted octanol–water partition coefficient (Wildman–Crippen LogP) is 2.81. The summed E-state index contributed by atoms with van der Waals surface area (Å²) in [6, 6.07) is 11.9. The molecule has 2 aromatic rings. The summed E-state index contributed by atoms with van der Waals surface area (Å²) in [7, 11) is 0. The van der Waals surface area contributed by atoms with Crippen molar-refractivity contribution in [2.24, 2.45) is 0 Å². The number of pyridine rings is 1. The van der Waals surface area contributed by atoms with Crippen molar-refractivity contribution >= 4 is 5.91 Å². The molecule has 1 amide bonds. The number of amides is 1. The van der Waals surface area contributed by atoms with E-state index in [0.29, 0.717) is 6.42 Å². The van der Waals surface area contributed by atoms with E-state index < -0.39 is 0 Å². The molecule has 1 aromatic heterocycles. The van der Waals surface area contributed by atoms with E-state index in [1.165, 1.54) is 5.56 Å². The van der Waals surface area contributed by atoms with Gasteiger partial charge in [0.05, 0.1) is 12.5 Å². The Hall–Kier alpha value is -2.16. The standard InChI is InChI=1S/C16H18N2O/c1-12-3-5-14(6-4-12)11-16(19)18-13(2)15-7-9-17-10-8-15/h3-10,13H,11H2,1-2H3,(H,18,19). The molecule has 0 saturated carbocycles. The van der Waals surface area contributed by atoms with Gasteiger partial charge in [-0.05, 0) is 37.1 Å². The van der Waals surface area contributed by atoms with Gasteiger partial charge < -0.3 is 5.32 Å². The second-order valence-corrected chi connectivity index (χ2v) is 4.73. The van der Waals surface area contributed by atoms with E-state index >= 15 is 0 Å². The predicted molar refractivity (Wildman–Crippen MR) is 75.7 cm³/mol. The minimum atomic E-state index is 0.000878. The number of rotatable bonds is 4. The third-order valence-electron chi connectivity index (χ3n) is 3.07. The van der Waals surface area contributed by atoms with Gasteiger partial charge in [-0.15, -0.1) is 0 Å². The Morgan fingerprint density at radius 2 is 1.79 bits per heavy atom. The van der Waals surface area contributed by atoms with Gasteiger partial charge in [0.25, 0.3) is 0 Å². The Labute approximate surface area is 113 Å². The summed E-state index contributed by atoms with van der Waals surface area (Å²) in [4.78, 5) is 15.9. The third-order valence-corrected chi connectivity index (χ3v) is 3.07. The Morgan fingerprint density at radius 1 is 1.16 bits per heavy atom. The molecule has 1 aromatic carbocycles. The molecule has 1 unspecified atom stereocenters. The zero-order valence-electron chi connectivity index (χ0n) is 11.3. The van der Waals surface area contributed by atoms with Crippen molar-refractivity contribution in [1.82, 2.24) is 10.3 Å². The third kappa shape index (κ3) is 3.91. The minimum absolute atomic E-state index is 0.000878. The summed E-state index contributed by atoms with van der Waals surface area (Å²) >= 11 is 0. The van der Waals surface area contributed by atoms with Crippen molar-refractivity contribution in [3.8, 4) is 0 Å². The summed E-state index contributed by atoms with van der Waals surface area (Å²) in [6.07, 6.45) is 3.88. The zero-order chi connectivity index (χ0) is 13.7. The quantitative estimate of drug-likeness (QED) is 0.911. The average Bonchev–Trinajstić information content (AvgIpc) is 2.42. The van der Waals surface area contributed by atoms with Gasteiger partial charge in [-0.2, -0.15) is 0 Å². The Balaban J connectivity index is 1.93. The average molecular weight is 254 g/mol. The maximum absolute atomic E-state index is 12.0. The van der Waals surface area contributed by atoms with Crippen LogP contribution in [0, 0.1) is 6.92 Å². The molecular weight excluding hydrogens is 236 g/mol. The van der Waals surface area contributed by atoms with E-state index in [-0.39, 0.29) is 11.9 Å². The van der Waals surface area contributed by atoms with Gasteiger partial charge in [-0.3, -0.25) is 9.78 Å². The molecule has 0 fully saturated rings. The number of nitrogens with zero attached hydrogens (tertiary/aromatic N) is 1. The molecule has 1 N–H and O–H groups in total. The maximum Gasteiger partial charge on any atom is 0.224 e. The fourth-order valence-electron chi connectivity index (χ4n) is 1.92. The highest BCUT2D eigenvalue weighted by molar-refractivity contribution is 5.79. The van der Waals surface area contributed by atoms with Gasteiger partial charge >= 0.3 is 0 Å². The number of aromatic nitrogens is 1. The van der Waals surface area contributed by atoms with E-state index in [1.807, 2.05) is 50.2 Å². The lowest BCUT2D eigenvalue weighted by Crippen LogP contribution is -2.28. The van der Waals surface area contributed by atoms with Crippen LogP contribution in [0.2, 0.25) is 0 Å². The topological polar surface area (TPSA) is 42.0 Å². The molecule has 1 heterocycles. The highest BCUT2D eigenvalue weighted by Crippen LogP contribution is 2.11. The number of carbonyl (C=O) groups is 1. The van der Waals surface area contributed by atoms with Gasteiger partial charge in [0.15, 0.2) is 0 Å². The van der Waals surface area contributed by atoms with Crippen molar-refractivity contribution in [2.75, 3.05) is 0 Å². The molecule has 0 bridgehead atoms. The molecule has 0 aliphatic heterocycles. The van der Waals surface area contributed by atoms with E-state index in [4.69, 9.17) is 0 Å². The first-order valence-electron chi connectivity index (χ1n) is 6.40. The lowest BCUT2D eigenvalue weighted by Gasteiger charge is -2.14. The summed E-state index contributed by atoms with van der Waals surface area (Å²) in [5, 5.41) is 2.99. The van der Waals surface area contributed by atoms with Crippen molar-refractivity contribution in [1.29, 1.82) is 0 Å². The fraction of sp³-hybridized carbons (Fsp3) is 0.250. The molecule has 0 spiro atoms. The van der Waals surface area contributed by atoms with E-state index in [9.17, 15) is 4.79 Å². The highest BCUT2D eigenvalue weighted by atomic mass is 16.1. The van der Waals surface area contributed by atoms with Crippen LogP contribution >= 0.6 is 0 Å². The lowest BCUT2D eigenvalue weighted by atomic mass is 10.1. The smallest absolute Gasteiger partial charge is 0.224 e. The number of aryl methyl sites for hydroxylation is 1. The Kier molecular flexibility index (Phi) is 4.29. The minimum Gasteiger partial charge on any atom is -0.349 e. The molecule has 0 aliphatic rings. The van der Waals surface area contributed by atoms with Crippen LogP contribution in [0.15, 0.2) is 48.8 Å². The number of nitrogens with one attached hydrogen (secondary N) is 1. The normalized spacial score (nSPS) is 11.9. The maximum atomic E-state index is 12.0. The molecule has 98 valence electrons. The summed E-state index contributed by atoms with van der Waals surface area (Å²) in [5.74, 6) is 0.0353. The first-order valence-corrected chi connectivity index (χ1v) is 6.40. The SMILES string of the molecule is Cc1ccc(CC(=O)NC(C)c2ccncc2)cc1. The van der Waals surface area contributed by atoms with Gasteiger partial charge in [-0.1, -0.05) is 29.8 Å². The molecule has 0 aliphatic carbocycles. The largest absolute Gasteiger partial charge is 0.349 e. The van der Waals surface area contributed by atoms with Crippen LogP contribution in [0.5, 0.6) is 0 Å². The molecule has 0 radical (unpaired) electrons. The molecular formula is C16H18N2O. The highest BCUT2D eigenvalue weighted by Gasteiger charge is 2.09. The molecule has 3 nitrogen and oxygen atoms in total. The van der Waals surface area contributed by atoms with Crippen LogP contribution in [-0.2, 0) is 11.2 Å². The van der Waals surface area contributed by atoms with Crippen molar-refractivity contribution < 1.29 is 4.79 Å².